The van der Waals surface area contributed by atoms with Crippen LogP contribution in [0.15, 0.2) is 35.7 Å². The van der Waals surface area contributed by atoms with E-state index >= 15 is 0 Å². The van der Waals surface area contributed by atoms with Crippen molar-refractivity contribution in [2.24, 2.45) is 0 Å². The summed E-state index contributed by atoms with van der Waals surface area (Å²) >= 11 is 1.60. The second-order valence-corrected chi connectivity index (χ2v) is 6.84. The first-order valence-corrected chi connectivity index (χ1v) is 8.45. The monoisotopic (exact) mass is 315 g/mol. The molecule has 4 nitrogen and oxygen atoms in total. The maximum Gasteiger partial charge on any atom is 0.228 e. The van der Waals surface area contributed by atoms with Gasteiger partial charge in [-0.05, 0) is 19.5 Å². The summed E-state index contributed by atoms with van der Waals surface area (Å²) in [5.41, 5.74) is 2.16. The van der Waals surface area contributed by atoms with Gasteiger partial charge in [-0.3, -0.25) is 9.69 Å². The van der Waals surface area contributed by atoms with Crippen LogP contribution in [0.2, 0.25) is 0 Å². The van der Waals surface area contributed by atoms with Crippen LogP contribution in [0, 0.1) is 6.92 Å². The largest absolute Gasteiger partial charge is 0.339 e. The number of hydrogen-bond donors (Lipinski definition) is 0. The molecule has 0 N–H and O–H groups in total. The summed E-state index contributed by atoms with van der Waals surface area (Å²) in [7, 11) is 2.13. The number of amides is 1. The molecule has 1 aliphatic rings. The standard InChI is InChI=1S/C17H21N3OS/c1-13-18-15(12-22-13)10-17(21)20-9-8-19(2)16(11-20)14-6-4-3-5-7-14/h3-7,12,16H,8-11H2,1-2H3/t16-/m1/s1. The minimum atomic E-state index is 0.180. The van der Waals surface area contributed by atoms with Gasteiger partial charge in [-0.1, -0.05) is 30.3 Å². The SMILES string of the molecule is Cc1nc(CC(=O)N2CCN(C)[C@@H](c3ccccc3)C2)cs1. The fraction of sp³-hybridized carbons (Fsp3) is 0.412. The van der Waals surface area contributed by atoms with Crippen molar-refractivity contribution in [1.82, 2.24) is 14.8 Å². The van der Waals surface area contributed by atoms with E-state index in [1.165, 1.54) is 5.56 Å². The Morgan fingerprint density at radius 2 is 2.09 bits per heavy atom. The van der Waals surface area contributed by atoms with Gasteiger partial charge in [0, 0.05) is 25.0 Å². The molecule has 2 heterocycles. The van der Waals surface area contributed by atoms with Gasteiger partial charge in [0.2, 0.25) is 5.91 Å². The van der Waals surface area contributed by atoms with Gasteiger partial charge in [-0.25, -0.2) is 4.98 Å². The lowest BCUT2D eigenvalue weighted by atomic mass is 10.0. The van der Waals surface area contributed by atoms with Crippen LogP contribution in [0.4, 0.5) is 0 Å². The number of carbonyl (C=O) groups is 1. The van der Waals surface area contributed by atoms with E-state index in [0.29, 0.717) is 6.42 Å². The van der Waals surface area contributed by atoms with Crippen LogP contribution in [0.1, 0.15) is 22.3 Å². The van der Waals surface area contributed by atoms with E-state index in [0.717, 1.165) is 30.3 Å². The topological polar surface area (TPSA) is 36.4 Å². The molecule has 0 unspecified atom stereocenters. The highest BCUT2D eigenvalue weighted by Gasteiger charge is 2.28. The predicted molar refractivity (Wildman–Crippen MR) is 88.9 cm³/mol. The molecule has 1 aromatic heterocycles. The van der Waals surface area contributed by atoms with E-state index in [-0.39, 0.29) is 11.9 Å². The first kappa shape index (κ1) is 15.2. The quantitative estimate of drug-likeness (QED) is 0.873. The summed E-state index contributed by atoms with van der Waals surface area (Å²) in [6.45, 7) is 4.42. The normalized spacial score (nSPS) is 19.4. The highest BCUT2D eigenvalue weighted by molar-refractivity contribution is 7.09. The average molecular weight is 315 g/mol. The molecule has 22 heavy (non-hydrogen) atoms. The molecule has 5 heteroatoms. The van der Waals surface area contributed by atoms with E-state index in [2.05, 4.69) is 41.2 Å². The molecule has 0 bridgehead atoms. The fourth-order valence-electron chi connectivity index (χ4n) is 2.89. The lowest BCUT2D eigenvalue weighted by molar-refractivity contribution is -0.133. The third-order valence-corrected chi connectivity index (χ3v) is 5.01. The summed E-state index contributed by atoms with van der Waals surface area (Å²) in [6.07, 6.45) is 0.412. The average Bonchev–Trinajstić information content (AvgIpc) is 2.93. The molecule has 1 aliphatic heterocycles. The van der Waals surface area contributed by atoms with Gasteiger partial charge < -0.3 is 4.90 Å². The van der Waals surface area contributed by atoms with Crippen LogP contribution in [-0.2, 0) is 11.2 Å². The summed E-state index contributed by atoms with van der Waals surface area (Å²) in [5, 5.41) is 3.00. The van der Waals surface area contributed by atoms with Gasteiger partial charge in [0.1, 0.15) is 0 Å². The molecule has 116 valence electrons. The third-order valence-electron chi connectivity index (χ3n) is 4.18. The van der Waals surface area contributed by atoms with E-state index in [4.69, 9.17) is 0 Å². The maximum atomic E-state index is 12.5. The van der Waals surface area contributed by atoms with Crippen molar-refractivity contribution < 1.29 is 4.79 Å². The molecule has 0 saturated carbocycles. The van der Waals surface area contributed by atoms with Crippen LogP contribution in [0.5, 0.6) is 0 Å². The van der Waals surface area contributed by atoms with E-state index in [9.17, 15) is 4.79 Å². The Morgan fingerprint density at radius 1 is 1.32 bits per heavy atom. The van der Waals surface area contributed by atoms with Gasteiger partial charge in [-0.15, -0.1) is 11.3 Å². The number of likely N-dealkylation sites (N-methyl/N-ethyl adjacent to an activating group) is 1. The summed E-state index contributed by atoms with van der Waals surface area (Å²) in [6, 6.07) is 10.7. The van der Waals surface area contributed by atoms with Gasteiger partial charge in [0.15, 0.2) is 0 Å². The van der Waals surface area contributed by atoms with Gasteiger partial charge >= 0.3 is 0 Å². The molecule has 2 aromatic rings. The smallest absolute Gasteiger partial charge is 0.228 e. The second-order valence-electron chi connectivity index (χ2n) is 5.78. The number of nitrogens with zero attached hydrogens (tertiary/aromatic N) is 3. The maximum absolute atomic E-state index is 12.5. The molecule has 0 radical (unpaired) electrons. The highest BCUT2D eigenvalue weighted by Crippen LogP contribution is 2.24. The molecule has 0 spiro atoms. The Bertz CT molecular complexity index is 640. The van der Waals surface area contributed by atoms with Crippen molar-refractivity contribution in [2.45, 2.75) is 19.4 Å². The zero-order chi connectivity index (χ0) is 15.5. The number of hydrogen-bond acceptors (Lipinski definition) is 4. The van der Waals surface area contributed by atoms with E-state index in [1.54, 1.807) is 11.3 Å². The first-order chi connectivity index (χ1) is 10.6. The van der Waals surface area contributed by atoms with E-state index in [1.807, 2.05) is 23.3 Å². The first-order valence-electron chi connectivity index (χ1n) is 7.57. The molecule has 1 aromatic carbocycles. The number of rotatable bonds is 3. The van der Waals surface area contributed by atoms with Crippen LogP contribution in [0.25, 0.3) is 0 Å². The van der Waals surface area contributed by atoms with Crippen molar-refractivity contribution in [3.05, 3.63) is 52.0 Å². The van der Waals surface area contributed by atoms with Crippen LogP contribution in [-0.4, -0.2) is 47.4 Å². The minimum Gasteiger partial charge on any atom is -0.339 e. The zero-order valence-corrected chi connectivity index (χ0v) is 13.8. The van der Waals surface area contributed by atoms with Crippen molar-refractivity contribution in [1.29, 1.82) is 0 Å². The number of benzene rings is 1. The fourth-order valence-corrected chi connectivity index (χ4v) is 3.50. The minimum absolute atomic E-state index is 0.180. The van der Waals surface area contributed by atoms with Crippen molar-refractivity contribution in [2.75, 3.05) is 26.7 Å². The third kappa shape index (κ3) is 3.36. The number of carbonyl (C=O) groups excluding carboxylic acids is 1. The number of thiazole rings is 1. The molecule has 1 amide bonds. The molecule has 1 atom stereocenters. The second kappa shape index (κ2) is 6.58. The molecular formula is C17H21N3OS. The van der Waals surface area contributed by atoms with Crippen molar-refractivity contribution in [3.63, 3.8) is 0 Å². The summed E-state index contributed by atoms with van der Waals surface area (Å²) in [4.78, 5) is 21.2. The molecule has 1 saturated heterocycles. The van der Waals surface area contributed by atoms with E-state index < -0.39 is 0 Å². The predicted octanol–water partition coefficient (Wildman–Crippen LogP) is 2.51. The van der Waals surface area contributed by atoms with Gasteiger partial charge in [-0.2, -0.15) is 0 Å². The summed E-state index contributed by atoms with van der Waals surface area (Å²) in [5.74, 6) is 0.180. The number of aryl methyl sites for hydroxylation is 1. The Balaban J connectivity index is 1.68. The van der Waals surface area contributed by atoms with Crippen molar-refractivity contribution in [3.8, 4) is 0 Å². The van der Waals surface area contributed by atoms with Crippen LogP contribution in [0.3, 0.4) is 0 Å². The Labute approximate surface area is 135 Å². The molecule has 0 aliphatic carbocycles. The number of aromatic nitrogens is 1. The summed E-state index contributed by atoms with van der Waals surface area (Å²) < 4.78 is 0. The lowest BCUT2D eigenvalue weighted by Crippen LogP contribution is -2.49. The Morgan fingerprint density at radius 3 is 2.77 bits per heavy atom. The zero-order valence-electron chi connectivity index (χ0n) is 13.0. The number of piperazine rings is 1. The molecule has 1 fully saturated rings. The van der Waals surface area contributed by atoms with Gasteiger partial charge in [0.05, 0.1) is 23.2 Å². The highest BCUT2D eigenvalue weighted by atomic mass is 32.1. The lowest BCUT2D eigenvalue weighted by Gasteiger charge is -2.39. The van der Waals surface area contributed by atoms with Crippen molar-refractivity contribution >= 4 is 17.2 Å². The van der Waals surface area contributed by atoms with Crippen LogP contribution < -0.4 is 0 Å². The Kier molecular flexibility index (Phi) is 4.55. The Hall–Kier alpha value is -1.72. The van der Waals surface area contributed by atoms with Crippen LogP contribution >= 0.6 is 11.3 Å². The van der Waals surface area contributed by atoms with Gasteiger partial charge in [0.25, 0.3) is 0 Å². The molecular weight excluding hydrogens is 294 g/mol. The molecule has 3 rings (SSSR count).